The smallest absolute Gasteiger partial charge is 0.306 e. The van der Waals surface area contributed by atoms with Gasteiger partial charge in [-0.15, -0.1) is 5.10 Å². The fraction of sp³-hybridized carbons (Fsp3) is 0.375. The second kappa shape index (κ2) is 6.77. The summed E-state index contributed by atoms with van der Waals surface area (Å²) in [5.74, 6) is -2.10. The topological polar surface area (TPSA) is 97.1 Å². The zero-order valence-corrected chi connectivity index (χ0v) is 12.8. The van der Waals surface area contributed by atoms with E-state index in [2.05, 4.69) is 15.6 Å². The second-order valence-electron chi connectivity index (χ2n) is 5.94. The number of hydrogen-bond acceptors (Lipinski definition) is 4. The fourth-order valence-electron chi connectivity index (χ4n) is 3.15. The SMILES string of the molecule is O=C(Cc1cccc(F)c1)N[C@@H]1CC(C(=O)O)C[C@@H]1n1ccnn1. The Hall–Kier alpha value is -2.77. The number of rotatable bonds is 5. The van der Waals surface area contributed by atoms with Crippen LogP contribution in [0.3, 0.4) is 0 Å². The van der Waals surface area contributed by atoms with Gasteiger partial charge in [0.1, 0.15) is 5.82 Å². The van der Waals surface area contributed by atoms with E-state index in [1.165, 1.54) is 18.3 Å². The Labute approximate surface area is 137 Å². The van der Waals surface area contributed by atoms with Crippen molar-refractivity contribution in [3.8, 4) is 0 Å². The Balaban J connectivity index is 1.69. The average molecular weight is 332 g/mol. The summed E-state index contributed by atoms with van der Waals surface area (Å²) in [6.45, 7) is 0. The minimum atomic E-state index is -0.887. The molecule has 0 bridgehead atoms. The van der Waals surface area contributed by atoms with Crippen molar-refractivity contribution in [3.63, 3.8) is 0 Å². The van der Waals surface area contributed by atoms with Gasteiger partial charge < -0.3 is 10.4 Å². The maximum absolute atomic E-state index is 13.2. The molecule has 3 rings (SSSR count). The molecule has 126 valence electrons. The molecule has 1 saturated carbocycles. The van der Waals surface area contributed by atoms with Crippen LogP contribution in [0.1, 0.15) is 24.4 Å². The summed E-state index contributed by atoms with van der Waals surface area (Å²) in [6.07, 6.45) is 3.91. The zero-order chi connectivity index (χ0) is 17.1. The third-order valence-corrected chi connectivity index (χ3v) is 4.26. The van der Waals surface area contributed by atoms with E-state index in [0.29, 0.717) is 18.4 Å². The summed E-state index contributed by atoms with van der Waals surface area (Å²) >= 11 is 0. The predicted octanol–water partition coefficient (Wildman–Crippen LogP) is 1.18. The first-order chi connectivity index (χ1) is 11.5. The summed E-state index contributed by atoms with van der Waals surface area (Å²) in [7, 11) is 0. The number of benzene rings is 1. The van der Waals surface area contributed by atoms with Crippen LogP contribution in [0.4, 0.5) is 4.39 Å². The molecule has 24 heavy (non-hydrogen) atoms. The number of carboxylic acids is 1. The first-order valence-corrected chi connectivity index (χ1v) is 7.65. The number of nitrogens with one attached hydrogen (secondary N) is 1. The molecule has 0 saturated heterocycles. The molecule has 1 aromatic heterocycles. The molecule has 1 heterocycles. The molecule has 0 spiro atoms. The lowest BCUT2D eigenvalue weighted by Gasteiger charge is -2.20. The Kier molecular flexibility index (Phi) is 4.54. The third kappa shape index (κ3) is 3.58. The molecule has 2 aromatic rings. The highest BCUT2D eigenvalue weighted by Gasteiger charge is 2.40. The Bertz CT molecular complexity index is 735. The summed E-state index contributed by atoms with van der Waals surface area (Å²) in [4.78, 5) is 23.5. The third-order valence-electron chi connectivity index (χ3n) is 4.26. The number of aliphatic carboxylic acids is 1. The molecule has 0 radical (unpaired) electrons. The van der Waals surface area contributed by atoms with Crippen LogP contribution in [0, 0.1) is 11.7 Å². The zero-order valence-electron chi connectivity index (χ0n) is 12.8. The van der Waals surface area contributed by atoms with Crippen LogP contribution in [0.15, 0.2) is 36.7 Å². The minimum Gasteiger partial charge on any atom is -0.481 e. The molecule has 1 aliphatic rings. The van der Waals surface area contributed by atoms with Crippen LogP contribution >= 0.6 is 0 Å². The van der Waals surface area contributed by atoms with Crippen molar-refractivity contribution in [2.75, 3.05) is 0 Å². The largest absolute Gasteiger partial charge is 0.481 e. The van der Waals surface area contributed by atoms with E-state index >= 15 is 0 Å². The van der Waals surface area contributed by atoms with Gasteiger partial charge in [-0.05, 0) is 30.5 Å². The van der Waals surface area contributed by atoms with Gasteiger partial charge in [0.05, 0.1) is 30.6 Å². The second-order valence-corrected chi connectivity index (χ2v) is 5.94. The predicted molar refractivity (Wildman–Crippen MR) is 81.5 cm³/mol. The lowest BCUT2D eigenvalue weighted by Crippen LogP contribution is -2.39. The first-order valence-electron chi connectivity index (χ1n) is 7.65. The highest BCUT2D eigenvalue weighted by molar-refractivity contribution is 5.79. The van der Waals surface area contributed by atoms with Crippen LogP contribution in [0.2, 0.25) is 0 Å². The van der Waals surface area contributed by atoms with Crippen molar-refractivity contribution < 1.29 is 19.1 Å². The van der Waals surface area contributed by atoms with Crippen molar-refractivity contribution >= 4 is 11.9 Å². The van der Waals surface area contributed by atoms with Crippen LogP contribution in [-0.4, -0.2) is 38.0 Å². The maximum Gasteiger partial charge on any atom is 0.306 e. The van der Waals surface area contributed by atoms with Gasteiger partial charge >= 0.3 is 5.97 Å². The first kappa shape index (κ1) is 16.1. The number of hydrogen-bond donors (Lipinski definition) is 2. The number of carbonyl (C=O) groups is 2. The quantitative estimate of drug-likeness (QED) is 0.857. The van der Waals surface area contributed by atoms with E-state index in [0.717, 1.165) is 0 Å². The molecule has 2 N–H and O–H groups in total. The average Bonchev–Trinajstić information content (AvgIpc) is 3.15. The van der Waals surface area contributed by atoms with E-state index < -0.39 is 17.7 Å². The number of amides is 1. The van der Waals surface area contributed by atoms with E-state index in [1.54, 1.807) is 23.0 Å². The summed E-state index contributed by atoms with van der Waals surface area (Å²) in [5.41, 5.74) is 0.567. The molecular weight excluding hydrogens is 315 g/mol. The molecule has 1 aromatic carbocycles. The van der Waals surface area contributed by atoms with Gasteiger partial charge in [0, 0.05) is 6.20 Å². The molecule has 1 fully saturated rings. The maximum atomic E-state index is 13.2. The molecular formula is C16H17FN4O3. The number of halogens is 1. The highest BCUT2D eigenvalue weighted by Crippen LogP contribution is 2.34. The van der Waals surface area contributed by atoms with Crippen molar-refractivity contribution in [3.05, 3.63) is 48.0 Å². The van der Waals surface area contributed by atoms with Gasteiger partial charge in [-0.1, -0.05) is 17.3 Å². The number of carbonyl (C=O) groups excluding carboxylic acids is 1. The molecule has 3 atom stereocenters. The number of aromatic nitrogens is 3. The summed E-state index contributed by atoms with van der Waals surface area (Å²) < 4.78 is 14.8. The number of carboxylic acid groups (broad SMARTS) is 1. The van der Waals surface area contributed by atoms with Gasteiger partial charge in [-0.2, -0.15) is 0 Å². The van der Waals surface area contributed by atoms with E-state index in [9.17, 15) is 19.1 Å². The highest BCUT2D eigenvalue weighted by atomic mass is 19.1. The van der Waals surface area contributed by atoms with Crippen molar-refractivity contribution in [1.82, 2.24) is 20.3 Å². The standard InChI is InChI=1S/C16H17FN4O3/c17-12-3-1-2-10(6-12)7-15(22)19-13-8-11(16(23)24)9-14(13)21-5-4-18-20-21/h1-6,11,13-14H,7-9H2,(H,19,22)(H,23,24)/t11?,13-,14+/m1/s1. The Morgan fingerprint density at radius 1 is 1.38 bits per heavy atom. The summed E-state index contributed by atoms with van der Waals surface area (Å²) in [6, 6.07) is 5.23. The van der Waals surface area contributed by atoms with Gasteiger partial charge in [0.25, 0.3) is 0 Å². The van der Waals surface area contributed by atoms with Crippen LogP contribution in [0.25, 0.3) is 0 Å². The van der Waals surface area contributed by atoms with Crippen molar-refractivity contribution in [2.45, 2.75) is 31.3 Å². The van der Waals surface area contributed by atoms with Gasteiger partial charge in [-0.3, -0.25) is 9.59 Å². The monoisotopic (exact) mass is 332 g/mol. The Morgan fingerprint density at radius 2 is 2.21 bits per heavy atom. The van der Waals surface area contributed by atoms with E-state index in [1.807, 2.05) is 0 Å². The van der Waals surface area contributed by atoms with Crippen LogP contribution < -0.4 is 5.32 Å². The molecule has 1 aliphatic carbocycles. The summed E-state index contributed by atoms with van der Waals surface area (Å²) in [5, 5.41) is 19.8. The molecule has 7 nitrogen and oxygen atoms in total. The fourth-order valence-corrected chi connectivity index (χ4v) is 3.15. The van der Waals surface area contributed by atoms with Crippen molar-refractivity contribution in [2.24, 2.45) is 5.92 Å². The molecule has 8 heteroatoms. The molecule has 1 unspecified atom stereocenters. The van der Waals surface area contributed by atoms with Crippen LogP contribution in [0.5, 0.6) is 0 Å². The van der Waals surface area contributed by atoms with E-state index in [-0.39, 0.29) is 24.4 Å². The molecule has 0 aliphatic heterocycles. The minimum absolute atomic E-state index is 0.0378. The Morgan fingerprint density at radius 3 is 2.88 bits per heavy atom. The lowest BCUT2D eigenvalue weighted by molar-refractivity contribution is -0.141. The van der Waals surface area contributed by atoms with Gasteiger partial charge in [-0.25, -0.2) is 9.07 Å². The van der Waals surface area contributed by atoms with Crippen molar-refractivity contribution in [1.29, 1.82) is 0 Å². The van der Waals surface area contributed by atoms with Gasteiger partial charge in [0.15, 0.2) is 0 Å². The number of nitrogens with zero attached hydrogens (tertiary/aromatic N) is 3. The normalized spacial score (nSPS) is 23.1. The lowest BCUT2D eigenvalue weighted by atomic mass is 10.1. The van der Waals surface area contributed by atoms with Crippen LogP contribution in [-0.2, 0) is 16.0 Å². The van der Waals surface area contributed by atoms with E-state index in [4.69, 9.17) is 0 Å². The van der Waals surface area contributed by atoms with Gasteiger partial charge in [0.2, 0.25) is 5.91 Å². The molecule has 1 amide bonds.